The van der Waals surface area contributed by atoms with Gasteiger partial charge in [0, 0.05) is 24.3 Å². The van der Waals surface area contributed by atoms with Gasteiger partial charge in [0.15, 0.2) is 0 Å². The summed E-state index contributed by atoms with van der Waals surface area (Å²) in [6.45, 7) is 10.4. The summed E-state index contributed by atoms with van der Waals surface area (Å²) in [5.41, 5.74) is 4.90. The first-order valence-corrected chi connectivity index (χ1v) is 22.9. The number of methoxy groups -OCH3 is 1. The molecule has 5 atom stereocenters. The molecule has 6 rings (SSSR count). The summed E-state index contributed by atoms with van der Waals surface area (Å²) in [5, 5.41) is 0.433. The summed E-state index contributed by atoms with van der Waals surface area (Å²) in [7, 11) is 0.865. The zero-order valence-corrected chi connectivity index (χ0v) is 36.4. The monoisotopic (exact) mass is 861 g/mol. The molecular formula is C48H53ClF3O7Si. The number of rotatable bonds is 19. The Morgan fingerprint density at radius 1 is 0.683 bits per heavy atom. The van der Waals surface area contributed by atoms with Gasteiger partial charge in [0.05, 0.1) is 35.2 Å². The maximum Gasteiger partial charge on any atom is 0.573 e. The molecule has 0 spiro atoms. The van der Waals surface area contributed by atoms with Crippen LogP contribution in [0, 0.1) is 0 Å². The summed E-state index contributed by atoms with van der Waals surface area (Å²) in [5.74, 6) is -1.89. The van der Waals surface area contributed by atoms with Crippen molar-refractivity contribution < 1.29 is 46.3 Å². The highest BCUT2D eigenvalue weighted by Crippen LogP contribution is 2.45. The van der Waals surface area contributed by atoms with Crippen LogP contribution >= 0.6 is 11.6 Å². The predicted octanol–water partition coefficient (Wildman–Crippen LogP) is 11.3. The molecule has 1 aliphatic heterocycles. The first-order valence-electron chi connectivity index (χ1n) is 20.0. The molecule has 1 aliphatic rings. The van der Waals surface area contributed by atoms with Crippen molar-refractivity contribution in [2.45, 2.75) is 94.8 Å². The lowest BCUT2D eigenvalue weighted by atomic mass is 9.86. The second kappa shape index (κ2) is 20.7. The average molecular weight is 862 g/mol. The van der Waals surface area contributed by atoms with Crippen molar-refractivity contribution in [3.63, 3.8) is 0 Å². The highest BCUT2D eigenvalue weighted by atomic mass is 35.5. The molecule has 1 radical (unpaired) electrons. The molecule has 0 amide bonds. The molecule has 60 heavy (non-hydrogen) atoms. The van der Waals surface area contributed by atoms with E-state index >= 15 is 0 Å². The Morgan fingerprint density at radius 2 is 1.22 bits per heavy atom. The van der Waals surface area contributed by atoms with Gasteiger partial charge in [-0.2, -0.15) is 0 Å². The van der Waals surface area contributed by atoms with Crippen LogP contribution in [0.3, 0.4) is 0 Å². The molecular weight excluding hydrogens is 809 g/mol. The summed E-state index contributed by atoms with van der Waals surface area (Å²) < 4.78 is 84.0. The van der Waals surface area contributed by atoms with Gasteiger partial charge in [-0.15, -0.1) is 13.2 Å². The molecule has 0 N–H and O–H groups in total. The van der Waals surface area contributed by atoms with Crippen LogP contribution in [0.25, 0.3) is 0 Å². The number of ether oxygens (including phenoxy) is 7. The molecule has 0 bridgehead atoms. The third-order valence-electron chi connectivity index (χ3n) is 10.9. The molecule has 1 saturated heterocycles. The van der Waals surface area contributed by atoms with Gasteiger partial charge in [-0.05, 0) is 63.5 Å². The molecule has 12 heteroatoms. The molecule has 5 aromatic rings. The molecule has 0 unspecified atom stereocenters. The average Bonchev–Trinajstić information content (AvgIpc) is 3.23. The summed E-state index contributed by atoms with van der Waals surface area (Å²) in [4.78, 5) is 0. The third kappa shape index (κ3) is 12.1. The van der Waals surface area contributed by atoms with Crippen LogP contribution in [0.4, 0.5) is 13.2 Å². The van der Waals surface area contributed by atoms with E-state index in [0.29, 0.717) is 29.2 Å². The fourth-order valence-electron chi connectivity index (χ4n) is 7.02. The van der Waals surface area contributed by atoms with Crippen molar-refractivity contribution in [2.24, 2.45) is 0 Å². The van der Waals surface area contributed by atoms with Crippen molar-refractivity contribution >= 4 is 20.4 Å². The molecule has 5 aromatic carbocycles. The van der Waals surface area contributed by atoms with Crippen LogP contribution in [0.2, 0.25) is 23.2 Å². The summed E-state index contributed by atoms with van der Waals surface area (Å²) in [6.07, 6.45) is -7.55. The van der Waals surface area contributed by atoms with E-state index in [-0.39, 0.29) is 37.2 Å². The standard InChI is InChI=1S/C48H53ClF3O7Si/c1-46(2,60(4)5)33-54-32-42-43(55-29-35-15-9-6-10-16-35)44(56-30-36-17-11-7-12-18-36)45(57-31-37-19-13-8-14-20-37)47(53-3,59-42)39-23-26-41(49)38(28-39)27-34-21-24-40(25-22-34)58-48(50,51)52/h6-26,28,42-45H,27,29-33H2,1-5H3/t42-,43-,44+,45-,47+/m1/s1. The van der Waals surface area contributed by atoms with Crippen molar-refractivity contribution in [1.29, 1.82) is 0 Å². The molecule has 0 aromatic heterocycles. The minimum absolute atomic E-state index is 0.0231. The second-order valence-corrected chi connectivity index (χ2v) is 19.6. The van der Waals surface area contributed by atoms with Crippen LogP contribution < -0.4 is 4.74 Å². The summed E-state index contributed by atoms with van der Waals surface area (Å²) >= 11 is 6.86. The van der Waals surface area contributed by atoms with E-state index in [2.05, 4.69) is 31.7 Å². The quantitative estimate of drug-likeness (QED) is 0.0766. The van der Waals surface area contributed by atoms with E-state index in [4.69, 9.17) is 40.0 Å². The van der Waals surface area contributed by atoms with Crippen LogP contribution in [0.1, 0.15) is 47.2 Å². The number of hydrogen-bond donors (Lipinski definition) is 0. The largest absolute Gasteiger partial charge is 0.573 e. The number of halogens is 4. The fraction of sp³-hybridized carbons (Fsp3) is 0.375. The Labute approximate surface area is 358 Å². The lowest BCUT2D eigenvalue weighted by Gasteiger charge is -2.52. The Kier molecular flexibility index (Phi) is 15.7. The van der Waals surface area contributed by atoms with Crippen molar-refractivity contribution in [3.05, 3.63) is 172 Å². The van der Waals surface area contributed by atoms with Crippen molar-refractivity contribution in [2.75, 3.05) is 20.3 Å². The van der Waals surface area contributed by atoms with Gasteiger partial charge >= 0.3 is 6.36 Å². The Balaban J connectivity index is 1.44. The second-order valence-electron chi connectivity index (χ2n) is 15.8. The minimum Gasteiger partial charge on any atom is -0.406 e. The first kappa shape index (κ1) is 45.5. The van der Waals surface area contributed by atoms with Gasteiger partial charge in [0.1, 0.15) is 30.2 Å². The topological polar surface area (TPSA) is 64.6 Å². The number of benzene rings is 5. The SMILES string of the molecule is CO[C@@]1(c2ccc(Cl)c(Cc3ccc(OC(F)(F)F)cc3)c2)O[C@H](COCC(C)(C)[Si](C)C)[C@@H](OCc2ccccc2)[C@H](OCc2ccccc2)[C@H]1OCc1ccccc1. The normalized spacial score (nSPS) is 21.0. The Bertz CT molecular complexity index is 2060. The van der Waals surface area contributed by atoms with E-state index in [9.17, 15) is 13.2 Å². The number of hydrogen-bond acceptors (Lipinski definition) is 7. The van der Waals surface area contributed by atoms with Gasteiger partial charge in [0.2, 0.25) is 5.79 Å². The van der Waals surface area contributed by atoms with E-state index in [1.54, 1.807) is 25.3 Å². The van der Waals surface area contributed by atoms with Crippen LogP contribution in [0.15, 0.2) is 133 Å². The highest BCUT2D eigenvalue weighted by Gasteiger charge is 2.58. The zero-order valence-electron chi connectivity index (χ0n) is 34.6. The molecule has 319 valence electrons. The van der Waals surface area contributed by atoms with Crippen molar-refractivity contribution in [1.82, 2.24) is 0 Å². The maximum atomic E-state index is 12.9. The Morgan fingerprint density at radius 3 is 1.73 bits per heavy atom. The summed E-state index contributed by atoms with van der Waals surface area (Å²) in [6, 6.07) is 40.9. The van der Waals surface area contributed by atoms with Crippen molar-refractivity contribution in [3.8, 4) is 5.75 Å². The van der Waals surface area contributed by atoms with E-state index < -0.39 is 45.4 Å². The van der Waals surface area contributed by atoms with Crippen LogP contribution in [-0.4, -0.2) is 59.9 Å². The van der Waals surface area contributed by atoms with Crippen LogP contribution in [-0.2, 0) is 60.4 Å². The number of alkyl halides is 3. The first-order chi connectivity index (χ1) is 28.8. The van der Waals surface area contributed by atoms with E-state index in [1.807, 2.05) is 103 Å². The molecule has 1 heterocycles. The highest BCUT2D eigenvalue weighted by molar-refractivity contribution is 6.59. The van der Waals surface area contributed by atoms with Gasteiger partial charge in [-0.1, -0.05) is 148 Å². The van der Waals surface area contributed by atoms with Gasteiger partial charge in [-0.25, -0.2) is 0 Å². The van der Waals surface area contributed by atoms with Gasteiger partial charge < -0.3 is 33.2 Å². The molecule has 1 fully saturated rings. The molecule has 0 saturated carbocycles. The van der Waals surface area contributed by atoms with E-state index in [0.717, 1.165) is 22.3 Å². The molecule has 7 nitrogen and oxygen atoms in total. The Hall–Kier alpha value is -4.04. The van der Waals surface area contributed by atoms with Gasteiger partial charge in [0.25, 0.3) is 0 Å². The lowest BCUT2D eigenvalue weighted by Crippen LogP contribution is -2.66. The van der Waals surface area contributed by atoms with E-state index in [1.165, 1.54) is 12.1 Å². The lowest BCUT2D eigenvalue weighted by molar-refractivity contribution is -0.385. The zero-order chi connectivity index (χ0) is 42.8. The maximum absolute atomic E-state index is 12.9. The van der Waals surface area contributed by atoms with Gasteiger partial charge in [-0.3, -0.25) is 0 Å². The van der Waals surface area contributed by atoms with Crippen LogP contribution in [0.5, 0.6) is 5.75 Å². The smallest absolute Gasteiger partial charge is 0.406 e. The molecule has 0 aliphatic carbocycles. The fourth-order valence-corrected chi connectivity index (χ4v) is 7.59. The minimum atomic E-state index is -4.80. The predicted molar refractivity (Wildman–Crippen MR) is 228 cm³/mol. The third-order valence-corrected chi connectivity index (χ3v) is 14.2.